The Morgan fingerprint density at radius 2 is 1.13 bits per heavy atom. The zero-order valence-electron chi connectivity index (χ0n) is 36.4. The topological polar surface area (TPSA) is 405 Å². The van der Waals surface area contributed by atoms with Gasteiger partial charge in [-0.1, -0.05) is 48.0 Å². The molecule has 1 heterocycles. The van der Waals surface area contributed by atoms with Crippen LogP contribution in [0.5, 0.6) is 0 Å². The third-order valence-electron chi connectivity index (χ3n) is 10.0. The highest BCUT2D eigenvalue weighted by atomic mass is 16.4. The Kier molecular flexibility index (Phi) is 22.1. The zero-order chi connectivity index (χ0) is 48.5. The quantitative estimate of drug-likeness (QED) is 0.0390. The van der Waals surface area contributed by atoms with Crippen molar-refractivity contribution in [1.82, 2.24) is 42.1 Å². The lowest BCUT2D eigenvalue weighted by Gasteiger charge is -2.31. The summed E-state index contributed by atoms with van der Waals surface area (Å²) in [5.74, 6) is -14.8. The lowest BCUT2D eigenvalue weighted by molar-refractivity contribution is -0.146. The SMILES string of the molecule is CC[C@H](C)[C@H](NC(=O)CNC(=O)[C@@H](NC(=O)[C@H](CC(=O)O)NC(=O)[C@@H]1CCCN1C(=O)[C@H](CC(=O)O)NC(=O)[C@@H](NC(=O)[C@H](C)N)C(C)C)C(C)C)C(=O)N[C@@H](CC(N)=O)C(=O)O. The van der Waals surface area contributed by atoms with E-state index >= 15 is 0 Å². The van der Waals surface area contributed by atoms with Gasteiger partial charge in [0.2, 0.25) is 53.2 Å². The highest BCUT2D eigenvalue weighted by Gasteiger charge is 2.41. The molecule has 14 N–H and O–H groups in total. The Morgan fingerprint density at radius 3 is 1.62 bits per heavy atom. The van der Waals surface area contributed by atoms with Gasteiger partial charge in [-0.15, -0.1) is 0 Å². The van der Waals surface area contributed by atoms with Crippen molar-refractivity contribution in [2.45, 2.75) is 135 Å². The van der Waals surface area contributed by atoms with Gasteiger partial charge in [0, 0.05) is 6.54 Å². The number of nitrogens with zero attached hydrogens (tertiary/aromatic N) is 1. The summed E-state index contributed by atoms with van der Waals surface area (Å²) in [6.45, 7) is 10.0. The largest absolute Gasteiger partial charge is 0.481 e. The maximum Gasteiger partial charge on any atom is 0.326 e. The molecule has 0 spiro atoms. The zero-order valence-corrected chi connectivity index (χ0v) is 36.4. The molecular formula is C38H62N10O15. The molecule has 1 aliphatic heterocycles. The summed E-state index contributed by atoms with van der Waals surface area (Å²) in [7, 11) is 0. The minimum atomic E-state index is -1.82. The first-order valence-electron chi connectivity index (χ1n) is 20.3. The predicted molar refractivity (Wildman–Crippen MR) is 218 cm³/mol. The standard InChI is InChI=1S/C38H62N10O15/c1-8-18(6)30(36(60)44-22(38(62)63)12-24(40)49)45-25(50)15-41-34(58)28(16(2)3)47-32(56)20(13-26(51)52)42-33(57)23-10-9-11-48(23)37(61)21(14-27(53)54)43-35(59)29(17(4)5)46-31(55)19(7)39/h16-23,28-30H,8-15,39H2,1-7H3,(H2,40,49)(H,41,58)(H,42,57)(H,43,59)(H,44,60)(H,45,50)(H,46,55)(H,47,56)(H,51,52)(H,53,54)(H,62,63)/t18-,19-,20-,21-,22-,23-,28-,29-,30-/m0/s1. The molecular weight excluding hydrogens is 836 g/mol. The Bertz CT molecular complexity index is 1740. The van der Waals surface area contributed by atoms with E-state index in [2.05, 4.69) is 37.2 Å². The summed E-state index contributed by atoms with van der Waals surface area (Å²) in [5.41, 5.74) is 10.7. The van der Waals surface area contributed by atoms with Gasteiger partial charge in [-0.25, -0.2) is 4.79 Å². The van der Waals surface area contributed by atoms with Crippen LogP contribution in [-0.4, -0.2) is 153 Å². The van der Waals surface area contributed by atoms with Crippen molar-refractivity contribution in [3.63, 3.8) is 0 Å². The molecule has 0 unspecified atom stereocenters. The van der Waals surface area contributed by atoms with Crippen LogP contribution >= 0.6 is 0 Å². The van der Waals surface area contributed by atoms with Crippen molar-refractivity contribution >= 4 is 71.1 Å². The summed E-state index contributed by atoms with van der Waals surface area (Å²) in [6, 6.07) is -11.5. The van der Waals surface area contributed by atoms with Gasteiger partial charge in [0.1, 0.15) is 42.3 Å². The molecule has 63 heavy (non-hydrogen) atoms. The van der Waals surface area contributed by atoms with Gasteiger partial charge in [-0.3, -0.25) is 52.7 Å². The third kappa shape index (κ3) is 17.8. The van der Waals surface area contributed by atoms with Crippen molar-refractivity contribution in [3.05, 3.63) is 0 Å². The van der Waals surface area contributed by atoms with E-state index in [-0.39, 0.29) is 19.4 Å². The second-order valence-corrected chi connectivity index (χ2v) is 16.0. The van der Waals surface area contributed by atoms with Crippen LogP contribution < -0.4 is 48.7 Å². The second kappa shape index (κ2) is 25.5. The molecule has 1 fully saturated rings. The Labute approximate surface area is 363 Å². The molecule has 1 rings (SSSR count). The smallest absolute Gasteiger partial charge is 0.326 e. The van der Waals surface area contributed by atoms with Gasteiger partial charge in [0.05, 0.1) is 31.8 Å². The number of hydrogen-bond acceptors (Lipinski definition) is 13. The number of aliphatic carboxylic acids is 3. The molecule has 1 aliphatic rings. The number of amides is 9. The molecule has 0 aliphatic carbocycles. The predicted octanol–water partition coefficient (Wildman–Crippen LogP) is -4.38. The van der Waals surface area contributed by atoms with E-state index in [1.165, 1.54) is 20.8 Å². The number of rotatable bonds is 26. The van der Waals surface area contributed by atoms with Gasteiger partial charge in [-0.05, 0) is 37.5 Å². The molecule has 354 valence electrons. The molecule has 9 amide bonds. The molecule has 9 atom stereocenters. The number of carbonyl (C=O) groups excluding carboxylic acids is 9. The number of primary amides is 1. The van der Waals surface area contributed by atoms with E-state index in [0.717, 1.165) is 4.90 Å². The molecule has 0 aromatic heterocycles. The van der Waals surface area contributed by atoms with Crippen LogP contribution in [0.1, 0.15) is 87.0 Å². The molecule has 0 bridgehead atoms. The first-order chi connectivity index (χ1) is 29.2. The van der Waals surface area contributed by atoms with Gasteiger partial charge in [-0.2, -0.15) is 0 Å². The fourth-order valence-corrected chi connectivity index (χ4v) is 6.27. The summed E-state index contributed by atoms with van der Waals surface area (Å²) in [5, 5.41) is 44.8. The molecule has 0 aromatic rings. The first-order valence-corrected chi connectivity index (χ1v) is 20.3. The van der Waals surface area contributed by atoms with E-state index in [0.29, 0.717) is 6.42 Å². The number of carboxylic acid groups (broad SMARTS) is 3. The average molecular weight is 899 g/mol. The Hall–Kier alpha value is -6.40. The maximum atomic E-state index is 13.8. The van der Waals surface area contributed by atoms with E-state index in [1.54, 1.807) is 27.7 Å². The van der Waals surface area contributed by atoms with E-state index < -0.39 is 163 Å². The van der Waals surface area contributed by atoms with E-state index in [1.807, 2.05) is 0 Å². The molecule has 25 heteroatoms. The monoisotopic (exact) mass is 898 g/mol. The Morgan fingerprint density at radius 1 is 0.619 bits per heavy atom. The van der Waals surface area contributed by atoms with Crippen LogP contribution in [0.15, 0.2) is 0 Å². The van der Waals surface area contributed by atoms with E-state index in [4.69, 9.17) is 11.5 Å². The molecule has 0 radical (unpaired) electrons. The average Bonchev–Trinajstić information content (AvgIpc) is 3.68. The van der Waals surface area contributed by atoms with Crippen molar-refractivity contribution in [1.29, 1.82) is 0 Å². The number of likely N-dealkylation sites (tertiary alicyclic amines) is 1. The van der Waals surface area contributed by atoms with Gasteiger partial charge in [0.15, 0.2) is 0 Å². The van der Waals surface area contributed by atoms with Crippen LogP contribution in [0.4, 0.5) is 0 Å². The highest BCUT2D eigenvalue weighted by molar-refractivity contribution is 5.99. The summed E-state index contributed by atoms with van der Waals surface area (Å²) in [4.78, 5) is 153. The summed E-state index contributed by atoms with van der Waals surface area (Å²) >= 11 is 0. The lowest BCUT2D eigenvalue weighted by Crippen LogP contribution is -2.60. The second-order valence-electron chi connectivity index (χ2n) is 16.0. The third-order valence-corrected chi connectivity index (χ3v) is 10.0. The minimum absolute atomic E-state index is 0.00204. The van der Waals surface area contributed by atoms with Crippen molar-refractivity contribution in [2.24, 2.45) is 29.2 Å². The van der Waals surface area contributed by atoms with Crippen molar-refractivity contribution in [2.75, 3.05) is 13.1 Å². The fraction of sp³-hybridized carbons (Fsp3) is 0.684. The number of nitrogens with two attached hydrogens (primary N) is 2. The normalized spacial score (nSPS) is 17.3. The van der Waals surface area contributed by atoms with Gasteiger partial charge < -0.3 is 68.9 Å². The van der Waals surface area contributed by atoms with Crippen LogP contribution in [0.2, 0.25) is 0 Å². The van der Waals surface area contributed by atoms with Crippen LogP contribution in [-0.2, 0) is 57.5 Å². The van der Waals surface area contributed by atoms with Crippen molar-refractivity contribution < 1.29 is 72.9 Å². The van der Waals surface area contributed by atoms with Gasteiger partial charge in [0.25, 0.3) is 0 Å². The Balaban J connectivity index is 3.17. The molecule has 0 saturated carbocycles. The first kappa shape index (κ1) is 54.6. The number of carbonyl (C=O) groups is 12. The number of hydrogen-bond donors (Lipinski definition) is 12. The maximum absolute atomic E-state index is 13.8. The summed E-state index contributed by atoms with van der Waals surface area (Å²) in [6.07, 6.45) is -2.07. The molecule has 0 aromatic carbocycles. The lowest BCUT2D eigenvalue weighted by atomic mass is 9.97. The van der Waals surface area contributed by atoms with Crippen LogP contribution in [0.3, 0.4) is 0 Å². The number of nitrogens with one attached hydrogen (secondary N) is 7. The molecule has 25 nitrogen and oxygen atoms in total. The van der Waals surface area contributed by atoms with Crippen LogP contribution in [0.25, 0.3) is 0 Å². The summed E-state index contributed by atoms with van der Waals surface area (Å²) < 4.78 is 0. The minimum Gasteiger partial charge on any atom is -0.481 e. The molecule has 1 saturated heterocycles. The fourth-order valence-electron chi connectivity index (χ4n) is 6.27. The van der Waals surface area contributed by atoms with E-state index in [9.17, 15) is 72.9 Å². The van der Waals surface area contributed by atoms with Crippen LogP contribution in [0, 0.1) is 17.8 Å². The van der Waals surface area contributed by atoms with Crippen molar-refractivity contribution in [3.8, 4) is 0 Å². The highest BCUT2D eigenvalue weighted by Crippen LogP contribution is 2.20. The van der Waals surface area contributed by atoms with Gasteiger partial charge >= 0.3 is 17.9 Å². The number of carboxylic acids is 3.